The molecule has 0 atom stereocenters. The van der Waals surface area contributed by atoms with Crippen molar-refractivity contribution in [1.29, 1.82) is 0 Å². The summed E-state index contributed by atoms with van der Waals surface area (Å²) in [5.41, 5.74) is 2.07. The zero-order valence-electron chi connectivity index (χ0n) is 16.7. The zero-order chi connectivity index (χ0) is 20.8. The minimum absolute atomic E-state index is 0.120. The maximum Gasteiger partial charge on any atom is 0.270 e. The van der Waals surface area contributed by atoms with E-state index in [2.05, 4.69) is 0 Å². The molecule has 0 saturated carbocycles. The molecular weight excluding hydrogens is 376 g/mol. The Morgan fingerprint density at radius 3 is 2.30 bits per heavy atom. The van der Waals surface area contributed by atoms with Crippen molar-refractivity contribution in [1.82, 2.24) is 9.47 Å². The first-order chi connectivity index (χ1) is 14.7. The molecule has 152 valence electrons. The number of carbonyl (C=O) groups excluding carboxylic acids is 1. The molecule has 1 aliphatic heterocycles. The number of likely N-dealkylation sites (tertiary alicyclic amines) is 1. The minimum atomic E-state index is -0.223. The summed E-state index contributed by atoms with van der Waals surface area (Å²) in [5, 5.41) is 0. The molecule has 1 saturated heterocycles. The largest absolute Gasteiger partial charge is 0.489 e. The van der Waals surface area contributed by atoms with E-state index in [1.165, 1.54) is 10.6 Å². The van der Waals surface area contributed by atoms with Gasteiger partial charge in [-0.25, -0.2) is 0 Å². The quantitative estimate of drug-likeness (QED) is 0.587. The Hall–Kier alpha value is -3.60. The van der Waals surface area contributed by atoms with E-state index in [9.17, 15) is 9.59 Å². The van der Waals surface area contributed by atoms with Crippen LogP contribution in [0, 0.1) is 0 Å². The van der Waals surface area contributed by atoms with Crippen molar-refractivity contribution in [2.45, 2.75) is 19.4 Å². The molecule has 3 aromatic rings. The van der Waals surface area contributed by atoms with Gasteiger partial charge in [0.1, 0.15) is 18.1 Å². The van der Waals surface area contributed by atoms with Gasteiger partial charge in [0.2, 0.25) is 0 Å². The summed E-state index contributed by atoms with van der Waals surface area (Å²) in [7, 11) is 0. The highest BCUT2D eigenvalue weighted by Gasteiger charge is 2.23. The van der Waals surface area contributed by atoms with Crippen LogP contribution in [0.2, 0.25) is 0 Å². The second-order valence-corrected chi connectivity index (χ2v) is 7.28. The molecule has 1 fully saturated rings. The van der Waals surface area contributed by atoms with Gasteiger partial charge in [0, 0.05) is 25.4 Å². The van der Waals surface area contributed by atoms with Gasteiger partial charge in [-0.2, -0.15) is 0 Å². The Bertz CT molecular complexity index is 1080. The first-order valence-electron chi connectivity index (χ1n) is 10.2. The maximum atomic E-state index is 13.1. The lowest BCUT2D eigenvalue weighted by molar-refractivity contribution is -0.124. The minimum Gasteiger partial charge on any atom is -0.489 e. The summed E-state index contributed by atoms with van der Waals surface area (Å²) in [4.78, 5) is 27.3. The molecular formula is C25H24N2O3. The molecule has 0 unspecified atom stereocenters. The van der Waals surface area contributed by atoms with E-state index in [4.69, 9.17) is 4.74 Å². The average molecular weight is 400 g/mol. The van der Waals surface area contributed by atoms with Gasteiger partial charge in [-0.05, 0) is 48.2 Å². The lowest BCUT2D eigenvalue weighted by atomic mass is 10.1. The molecule has 0 radical (unpaired) electrons. The molecule has 30 heavy (non-hydrogen) atoms. The van der Waals surface area contributed by atoms with Crippen LogP contribution in [-0.4, -0.2) is 28.5 Å². The third-order valence-electron chi connectivity index (χ3n) is 5.13. The molecule has 5 heteroatoms. The fourth-order valence-corrected chi connectivity index (χ4v) is 3.50. The number of rotatable bonds is 6. The zero-order valence-corrected chi connectivity index (χ0v) is 16.7. The van der Waals surface area contributed by atoms with Crippen LogP contribution in [-0.2, 0) is 11.4 Å². The number of benzene rings is 2. The van der Waals surface area contributed by atoms with Crippen LogP contribution in [0.4, 0.5) is 0 Å². The van der Waals surface area contributed by atoms with Gasteiger partial charge in [0.25, 0.3) is 11.5 Å². The van der Waals surface area contributed by atoms with Gasteiger partial charge < -0.3 is 9.64 Å². The number of aromatic nitrogens is 1. The summed E-state index contributed by atoms with van der Waals surface area (Å²) < 4.78 is 7.25. The summed E-state index contributed by atoms with van der Waals surface area (Å²) in [5.74, 6) is 0.630. The molecule has 1 amide bonds. The monoisotopic (exact) mass is 400 g/mol. The smallest absolute Gasteiger partial charge is 0.270 e. The van der Waals surface area contributed by atoms with Crippen LogP contribution in [0.3, 0.4) is 0 Å². The van der Waals surface area contributed by atoms with Crippen molar-refractivity contribution >= 4 is 17.7 Å². The van der Waals surface area contributed by atoms with Crippen molar-refractivity contribution in [3.8, 4) is 5.75 Å². The van der Waals surface area contributed by atoms with E-state index in [1.807, 2.05) is 59.5 Å². The first kappa shape index (κ1) is 19.7. The fourth-order valence-electron chi connectivity index (χ4n) is 3.50. The van der Waals surface area contributed by atoms with E-state index < -0.39 is 0 Å². The first-order valence-corrected chi connectivity index (χ1v) is 10.2. The van der Waals surface area contributed by atoms with Crippen LogP contribution < -0.4 is 10.3 Å². The van der Waals surface area contributed by atoms with Gasteiger partial charge in [-0.1, -0.05) is 48.5 Å². The molecule has 2 aromatic carbocycles. The highest BCUT2D eigenvalue weighted by atomic mass is 16.5. The Labute approximate surface area is 175 Å². The van der Waals surface area contributed by atoms with E-state index >= 15 is 0 Å². The van der Waals surface area contributed by atoms with Crippen LogP contribution in [0.5, 0.6) is 5.75 Å². The van der Waals surface area contributed by atoms with Gasteiger partial charge in [-0.3, -0.25) is 14.2 Å². The van der Waals surface area contributed by atoms with Crippen LogP contribution >= 0.6 is 0 Å². The number of hydrogen-bond donors (Lipinski definition) is 0. The Morgan fingerprint density at radius 2 is 1.60 bits per heavy atom. The lowest BCUT2D eigenvalue weighted by Gasteiger charge is -2.19. The highest BCUT2D eigenvalue weighted by molar-refractivity contribution is 6.18. The van der Waals surface area contributed by atoms with Crippen LogP contribution in [0.25, 0.3) is 11.8 Å². The number of ether oxygens (including phenoxy) is 1. The summed E-state index contributed by atoms with van der Waals surface area (Å²) in [6.07, 6.45) is 5.40. The Kier molecular flexibility index (Phi) is 6.09. The summed E-state index contributed by atoms with van der Waals surface area (Å²) in [6, 6.07) is 22.4. The molecule has 2 heterocycles. The van der Waals surface area contributed by atoms with E-state index in [1.54, 1.807) is 24.4 Å². The second-order valence-electron chi connectivity index (χ2n) is 7.28. The third kappa shape index (κ3) is 4.69. The molecule has 0 spiro atoms. The second kappa shape index (κ2) is 9.27. The predicted octanol–water partition coefficient (Wildman–Crippen LogP) is 4.05. The van der Waals surface area contributed by atoms with Crippen molar-refractivity contribution < 1.29 is 9.53 Å². The number of pyridine rings is 1. The van der Waals surface area contributed by atoms with Gasteiger partial charge in [0.15, 0.2) is 0 Å². The maximum absolute atomic E-state index is 13.1. The van der Waals surface area contributed by atoms with Crippen LogP contribution in [0.1, 0.15) is 24.0 Å². The van der Waals surface area contributed by atoms with Gasteiger partial charge in [-0.15, -0.1) is 0 Å². The number of nitrogens with zero attached hydrogens (tertiary/aromatic N) is 2. The van der Waals surface area contributed by atoms with Crippen LogP contribution in [0.15, 0.2) is 83.8 Å². The van der Waals surface area contributed by atoms with Crippen molar-refractivity contribution in [3.63, 3.8) is 0 Å². The normalized spacial score (nSPS) is 14.0. The topological polar surface area (TPSA) is 51.5 Å². The van der Waals surface area contributed by atoms with Gasteiger partial charge in [0.05, 0.1) is 0 Å². The van der Waals surface area contributed by atoms with E-state index in [0.29, 0.717) is 12.3 Å². The number of amides is 1. The van der Waals surface area contributed by atoms with Crippen molar-refractivity contribution in [2.24, 2.45) is 0 Å². The molecule has 0 N–H and O–H groups in total. The van der Waals surface area contributed by atoms with Crippen molar-refractivity contribution in [3.05, 3.63) is 100 Å². The summed E-state index contributed by atoms with van der Waals surface area (Å²) >= 11 is 0. The van der Waals surface area contributed by atoms with Crippen molar-refractivity contribution in [2.75, 3.05) is 13.1 Å². The van der Waals surface area contributed by atoms with Gasteiger partial charge >= 0.3 is 0 Å². The van der Waals surface area contributed by atoms with E-state index in [0.717, 1.165) is 42.8 Å². The molecule has 0 bridgehead atoms. The molecule has 1 aromatic heterocycles. The number of carbonyl (C=O) groups is 1. The fraction of sp³-hybridized carbons (Fsp3) is 0.200. The molecule has 5 nitrogen and oxygen atoms in total. The summed E-state index contributed by atoms with van der Waals surface area (Å²) in [6.45, 7) is 1.95. The lowest BCUT2D eigenvalue weighted by Crippen LogP contribution is -2.33. The average Bonchev–Trinajstić information content (AvgIpc) is 3.33. The molecule has 4 rings (SSSR count). The number of hydrogen-bond acceptors (Lipinski definition) is 3. The molecule has 0 aliphatic carbocycles. The Morgan fingerprint density at radius 1 is 0.900 bits per heavy atom. The predicted molar refractivity (Wildman–Crippen MR) is 118 cm³/mol. The highest BCUT2D eigenvalue weighted by Crippen LogP contribution is 2.20. The standard InChI is InChI=1S/C25H24N2O3/c28-24-10-4-5-17-27(24)23(25(29)26-15-6-7-16-26)18-20-11-13-22(14-12-20)30-19-21-8-2-1-3-9-21/h1-5,8-14,17-18H,6-7,15-16,19H2/b23-18+. The molecule has 1 aliphatic rings. The van der Waals surface area contributed by atoms with E-state index in [-0.39, 0.29) is 11.5 Å². The SMILES string of the molecule is O=C(/C(=C\c1ccc(OCc2ccccc2)cc1)n1ccccc1=O)N1CCCC1. The Balaban J connectivity index is 1.57. The third-order valence-corrected chi connectivity index (χ3v) is 5.13.